The minimum atomic E-state index is -1.19. The van der Waals surface area contributed by atoms with Crippen LogP contribution in [0.1, 0.15) is 25.0 Å². The molecule has 3 amide bonds. The number of carbonyl (C=O) groups is 3. The zero-order valence-electron chi connectivity index (χ0n) is 22.1. The number of nitrogens with one attached hydrogen (secondary N) is 2. The van der Waals surface area contributed by atoms with Gasteiger partial charge in [-0.1, -0.05) is 98.8 Å². The Hall–Kier alpha value is -4.21. The van der Waals surface area contributed by atoms with E-state index in [0.717, 1.165) is 22.3 Å². The number of amides is 3. The molecule has 9 nitrogen and oxygen atoms in total. The molecule has 3 aromatic carbocycles. The maximum absolute atomic E-state index is 13.2. The lowest BCUT2D eigenvalue weighted by molar-refractivity contribution is -0.143. The summed E-state index contributed by atoms with van der Waals surface area (Å²) in [5.74, 6) is -1.96. The first-order valence-corrected chi connectivity index (χ1v) is 12.8. The smallest absolute Gasteiger partial charge is 0.326 e. The first-order chi connectivity index (χ1) is 18.8. The molecule has 0 radical (unpaired) electrons. The summed E-state index contributed by atoms with van der Waals surface area (Å²) >= 11 is 0. The molecule has 0 aliphatic heterocycles. The van der Waals surface area contributed by atoms with Crippen LogP contribution in [0.4, 0.5) is 4.79 Å². The molecule has 0 saturated heterocycles. The lowest BCUT2D eigenvalue weighted by Gasteiger charge is -2.29. The van der Waals surface area contributed by atoms with E-state index in [1.54, 1.807) is 5.48 Å². The van der Waals surface area contributed by atoms with Gasteiger partial charge in [-0.25, -0.2) is 15.1 Å². The molecule has 0 aromatic heterocycles. The maximum Gasteiger partial charge on any atom is 0.326 e. The summed E-state index contributed by atoms with van der Waals surface area (Å²) in [5, 5.41) is 21.7. The van der Waals surface area contributed by atoms with Crippen molar-refractivity contribution in [1.29, 1.82) is 0 Å². The predicted molar refractivity (Wildman–Crippen MR) is 147 cm³/mol. The van der Waals surface area contributed by atoms with Gasteiger partial charge in [0.1, 0.15) is 6.04 Å². The fourth-order valence-corrected chi connectivity index (χ4v) is 4.08. The number of carbonyl (C=O) groups excluding carboxylic acids is 2. The van der Waals surface area contributed by atoms with E-state index in [-0.39, 0.29) is 32.0 Å². The van der Waals surface area contributed by atoms with Gasteiger partial charge in [-0.2, -0.15) is 0 Å². The van der Waals surface area contributed by atoms with Crippen LogP contribution in [-0.2, 0) is 27.4 Å². The third-order valence-corrected chi connectivity index (χ3v) is 6.05. The van der Waals surface area contributed by atoms with Crippen molar-refractivity contribution in [3.8, 4) is 11.1 Å². The van der Waals surface area contributed by atoms with Crippen LogP contribution in [0.3, 0.4) is 0 Å². The van der Waals surface area contributed by atoms with Crippen molar-refractivity contribution in [3.05, 3.63) is 96.1 Å². The zero-order chi connectivity index (χ0) is 28.2. The number of hydrogen-bond acceptors (Lipinski definition) is 5. The molecule has 9 heteroatoms. The van der Waals surface area contributed by atoms with Gasteiger partial charge in [0.05, 0.1) is 13.2 Å². The Balaban J connectivity index is 1.69. The van der Waals surface area contributed by atoms with Crippen LogP contribution >= 0.6 is 0 Å². The van der Waals surface area contributed by atoms with Crippen molar-refractivity contribution in [1.82, 2.24) is 15.7 Å². The Labute approximate surface area is 228 Å². The highest BCUT2D eigenvalue weighted by Crippen LogP contribution is 2.20. The molecule has 3 rings (SSSR count). The van der Waals surface area contributed by atoms with Gasteiger partial charge < -0.3 is 20.1 Å². The standard InChI is InChI=1S/C30H35N3O6/c1-21(2)18-33(19-27(28(34)32-38)39-20-23-9-5-3-6-10-23)30(37)31-26(29(35)36)17-22-13-15-25(16-14-22)24-11-7-4-8-12-24/h3-16,21,26-27,38H,17-20H2,1-2H3,(H,31,37)(H,32,34)(H,35,36)/t26-,27-/m0/s1. The molecule has 0 spiro atoms. The van der Waals surface area contributed by atoms with E-state index in [0.29, 0.717) is 0 Å². The number of rotatable bonds is 13. The van der Waals surface area contributed by atoms with Gasteiger partial charge in [0.25, 0.3) is 5.91 Å². The number of carboxylic acid groups (broad SMARTS) is 1. The summed E-state index contributed by atoms with van der Waals surface area (Å²) < 4.78 is 5.73. The second-order valence-corrected chi connectivity index (χ2v) is 9.67. The lowest BCUT2D eigenvalue weighted by Crippen LogP contribution is -2.53. The molecule has 0 aliphatic carbocycles. The number of benzene rings is 3. The summed E-state index contributed by atoms with van der Waals surface area (Å²) in [5.41, 5.74) is 5.21. The highest BCUT2D eigenvalue weighted by Gasteiger charge is 2.29. The van der Waals surface area contributed by atoms with E-state index >= 15 is 0 Å². The lowest BCUT2D eigenvalue weighted by atomic mass is 10.0. The normalized spacial score (nSPS) is 12.4. The van der Waals surface area contributed by atoms with E-state index in [2.05, 4.69) is 5.32 Å². The summed E-state index contributed by atoms with van der Waals surface area (Å²) in [6.07, 6.45) is -1.09. The number of urea groups is 1. The highest BCUT2D eigenvalue weighted by molar-refractivity contribution is 5.84. The molecule has 0 fully saturated rings. The summed E-state index contributed by atoms with van der Waals surface area (Å²) in [7, 11) is 0. The zero-order valence-corrected chi connectivity index (χ0v) is 22.1. The highest BCUT2D eigenvalue weighted by atomic mass is 16.5. The van der Waals surface area contributed by atoms with E-state index in [1.807, 2.05) is 98.8 Å². The number of hydroxylamine groups is 1. The van der Waals surface area contributed by atoms with E-state index in [1.165, 1.54) is 4.90 Å². The Bertz CT molecular complexity index is 1200. The van der Waals surface area contributed by atoms with Crippen LogP contribution in [0.5, 0.6) is 0 Å². The van der Waals surface area contributed by atoms with Gasteiger partial charge >= 0.3 is 12.0 Å². The Morgan fingerprint density at radius 2 is 1.41 bits per heavy atom. The van der Waals surface area contributed by atoms with Crippen LogP contribution in [-0.4, -0.2) is 58.4 Å². The number of nitrogens with zero attached hydrogens (tertiary/aromatic N) is 1. The molecule has 39 heavy (non-hydrogen) atoms. The summed E-state index contributed by atoms with van der Waals surface area (Å²) in [6.45, 7) is 3.95. The van der Waals surface area contributed by atoms with Crippen molar-refractivity contribution in [2.75, 3.05) is 13.1 Å². The topological polar surface area (TPSA) is 128 Å². The molecule has 0 heterocycles. The SMILES string of the molecule is CC(C)CN(C[C@H](OCc1ccccc1)C(=O)NO)C(=O)N[C@@H](Cc1ccc(-c2ccccc2)cc1)C(=O)O. The molecule has 0 aliphatic rings. The van der Waals surface area contributed by atoms with Crippen LogP contribution in [0.25, 0.3) is 11.1 Å². The maximum atomic E-state index is 13.2. The molecule has 4 N–H and O–H groups in total. The molecule has 206 valence electrons. The minimum Gasteiger partial charge on any atom is -0.480 e. The third-order valence-electron chi connectivity index (χ3n) is 6.05. The monoisotopic (exact) mass is 533 g/mol. The molecular formula is C30H35N3O6. The van der Waals surface area contributed by atoms with E-state index in [9.17, 15) is 24.7 Å². The van der Waals surface area contributed by atoms with Gasteiger partial charge in [0, 0.05) is 13.0 Å². The van der Waals surface area contributed by atoms with E-state index in [4.69, 9.17) is 4.74 Å². The second kappa shape index (κ2) is 14.7. The van der Waals surface area contributed by atoms with Crippen molar-refractivity contribution in [2.24, 2.45) is 5.92 Å². The Morgan fingerprint density at radius 1 is 0.821 bits per heavy atom. The molecule has 0 bridgehead atoms. The first kappa shape index (κ1) is 29.3. The molecule has 0 saturated carbocycles. The first-order valence-electron chi connectivity index (χ1n) is 12.8. The summed E-state index contributed by atoms with van der Waals surface area (Å²) in [6, 6.07) is 24.7. The second-order valence-electron chi connectivity index (χ2n) is 9.67. The largest absolute Gasteiger partial charge is 0.480 e. The average molecular weight is 534 g/mol. The Morgan fingerprint density at radius 3 is 1.97 bits per heavy atom. The van der Waals surface area contributed by atoms with Crippen LogP contribution in [0.15, 0.2) is 84.9 Å². The minimum absolute atomic E-state index is 0.0246. The fourth-order valence-electron chi connectivity index (χ4n) is 4.08. The number of carboxylic acids is 1. The molecule has 0 unspecified atom stereocenters. The quantitative estimate of drug-likeness (QED) is 0.193. The number of hydrogen-bond donors (Lipinski definition) is 4. The summed E-state index contributed by atoms with van der Waals surface area (Å²) in [4.78, 5) is 39.0. The van der Waals surface area contributed by atoms with Gasteiger partial charge in [-0.15, -0.1) is 0 Å². The predicted octanol–water partition coefficient (Wildman–Crippen LogP) is 4.11. The third kappa shape index (κ3) is 9.24. The van der Waals surface area contributed by atoms with Gasteiger partial charge in [-0.05, 0) is 28.2 Å². The van der Waals surface area contributed by atoms with Crippen molar-refractivity contribution in [2.45, 2.75) is 39.0 Å². The van der Waals surface area contributed by atoms with Crippen LogP contribution in [0, 0.1) is 5.92 Å². The molecular weight excluding hydrogens is 498 g/mol. The van der Waals surface area contributed by atoms with Crippen LogP contribution in [0.2, 0.25) is 0 Å². The van der Waals surface area contributed by atoms with Crippen LogP contribution < -0.4 is 10.8 Å². The van der Waals surface area contributed by atoms with Crippen molar-refractivity contribution < 1.29 is 29.4 Å². The van der Waals surface area contributed by atoms with Crippen molar-refractivity contribution in [3.63, 3.8) is 0 Å². The fraction of sp³-hybridized carbons (Fsp3) is 0.300. The van der Waals surface area contributed by atoms with Gasteiger partial charge in [-0.3, -0.25) is 10.0 Å². The Kier molecular flexibility index (Phi) is 11.0. The van der Waals surface area contributed by atoms with Gasteiger partial charge in [0.15, 0.2) is 6.10 Å². The van der Waals surface area contributed by atoms with E-state index < -0.39 is 30.1 Å². The number of ether oxygens (including phenoxy) is 1. The van der Waals surface area contributed by atoms with Crippen molar-refractivity contribution >= 4 is 17.9 Å². The number of aliphatic carboxylic acids is 1. The average Bonchev–Trinajstić information content (AvgIpc) is 2.95. The molecule has 3 aromatic rings. The molecule has 2 atom stereocenters. The van der Waals surface area contributed by atoms with Gasteiger partial charge in [0.2, 0.25) is 0 Å².